The van der Waals surface area contributed by atoms with E-state index in [1.54, 1.807) is 0 Å². The van der Waals surface area contributed by atoms with Gasteiger partial charge in [0.2, 0.25) is 0 Å². The summed E-state index contributed by atoms with van der Waals surface area (Å²) in [7, 11) is 0. The molecule has 0 aliphatic carbocycles. The Balaban J connectivity index is 1.66. The second-order valence-corrected chi connectivity index (χ2v) is 5.01. The molecule has 88 valence electrons. The summed E-state index contributed by atoms with van der Waals surface area (Å²) < 4.78 is 5.45. The van der Waals surface area contributed by atoms with Crippen LogP contribution < -0.4 is 5.32 Å². The Hall–Kier alpha value is -0.710. The van der Waals surface area contributed by atoms with Crippen LogP contribution in [0.15, 0.2) is 17.5 Å². The van der Waals surface area contributed by atoms with Crippen LogP contribution in [0.25, 0.3) is 0 Å². The van der Waals surface area contributed by atoms with Crippen LogP contribution in [0.4, 0.5) is 0 Å². The van der Waals surface area contributed by atoms with Crippen LogP contribution in [0.1, 0.15) is 28.9 Å². The molecule has 0 aromatic carbocycles. The summed E-state index contributed by atoms with van der Waals surface area (Å²) in [6, 6.07) is 4.17. The fourth-order valence-electron chi connectivity index (χ4n) is 1.87. The standard InChI is InChI=1S/C12H17NO2S/c14-11(12-5-3-7-16-12)9-15-8-10-4-1-2-6-13-10/h3,5,7,10,13H,1-2,4,6,8-9H2/t10-/m0/s1. The highest BCUT2D eigenvalue weighted by molar-refractivity contribution is 7.12. The maximum atomic E-state index is 11.6. The summed E-state index contributed by atoms with van der Waals surface area (Å²) in [5.41, 5.74) is 0. The summed E-state index contributed by atoms with van der Waals surface area (Å²) in [6.07, 6.45) is 3.68. The first-order valence-electron chi connectivity index (χ1n) is 5.74. The van der Waals surface area contributed by atoms with Crippen LogP contribution >= 0.6 is 11.3 Å². The number of ether oxygens (including phenoxy) is 1. The lowest BCUT2D eigenvalue weighted by molar-refractivity contribution is 0.0695. The molecule has 1 aliphatic heterocycles. The number of ketones is 1. The quantitative estimate of drug-likeness (QED) is 0.800. The highest BCUT2D eigenvalue weighted by atomic mass is 32.1. The molecule has 2 heterocycles. The number of carbonyl (C=O) groups is 1. The fourth-order valence-corrected chi connectivity index (χ4v) is 2.52. The summed E-state index contributed by atoms with van der Waals surface area (Å²) in [4.78, 5) is 12.4. The molecule has 1 aromatic heterocycles. The van der Waals surface area contributed by atoms with E-state index in [2.05, 4.69) is 5.32 Å². The van der Waals surface area contributed by atoms with Gasteiger partial charge >= 0.3 is 0 Å². The van der Waals surface area contributed by atoms with Gasteiger partial charge in [0.1, 0.15) is 6.61 Å². The predicted molar refractivity (Wildman–Crippen MR) is 65.1 cm³/mol. The second-order valence-electron chi connectivity index (χ2n) is 4.06. The van der Waals surface area contributed by atoms with Crippen molar-refractivity contribution < 1.29 is 9.53 Å². The number of hydrogen-bond donors (Lipinski definition) is 1. The van der Waals surface area contributed by atoms with Gasteiger partial charge in [-0.25, -0.2) is 0 Å². The molecule has 1 fully saturated rings. The van der Waals surface area contributed by atoms with Crippen molar-refractivity contribution in [1.82, 2.24) is 5.32 Å². The summed E-state index contributed by atoms with van der Waals surface area (Å²) in [5.74, 6) is 0.0887. The van der Waals surface area contributed by atoms with Gasteiger partial charge in [-0.2, -0.15) is 0 Å². The molecule has 0 radical (unpaired) electrons. The van der Waals surface area contributed by atoms with Gasteiger partial charge in [-0.1, -0.05) is 12.5 Å². The predicted octanol–water partition coefficient (Wildman–Crippen LogP) is 2.09. The Kier molecular flexibility index (Phi) is 4.51. The Morgan fingerprint density at radius 1 is 1.56 bits per heavy atom. The number of rotatable bonds is 5. The maximum Gasteiger partial charge on any atom is 0.198 e. The normalized spacial score (nSPS) is 20.9. The Bertz CT molecular complexity index is 318. The van der Waals surface area contributed by atoms with E-state index >= 15 is 0 Å². The number of carbonyl (C=O) groups excluding carboxylic acids is 1. The van der Waals surface area contributed by atoms with Crippen molar-refractivity contribution >= 4 is 17.1 Å². The molecule has 1 atom stereocenters. The van der Waals surface area contributed by atoms with E-state index in [-0.39, 0.29) is 12.4 Å². The Morgan fingerprint density at radius 2 is 2.50 bits per heavy atom. The average molecular weight is 239 g/mol. The second kappa shape index (κ2) is 6.13. The molecular formula is C12H17NO2S. The van der Waals surface area contributed by atoms with Crippen LogP contribution in [-0.2, 0) is 4.74 Å². The van der Waals surface area contributed by atoms with Crippen molar-refractivity contribution in [3.05, 3.63) is 22.4 Å². The maximum absolute atomic E-state index is 11.6. The SMILES string of the molecule is O=C(COC[C@@H]1CCCCN1)c1cccs1. The van der Waals surface area contributed by atoms with E-state index in [4.69, 9.17) is 4.74 Å². The van der Waals surface area contributed by atoms with E-state index in [1.807, 2.05) is 17.5 Å². The molecular weight excluding hydrogens is 222 g/mol. The molecule has 1 N–H and O–H groups in total. The average Bonchev–Trinajstić information content (AvgIpc) is 2.84. The van der Waals surface area contributed by atoms with Gasteiger partial charge < -0.3 is 10.1 Å². The van der Waals surface area contributed by atoms with Gasteiger partial charge in [-0.3, -0.25) is 4.79 Å². The van der Waals surface area contributed by atoms with Crippen LogP contribution in [-0.4, -0.2) is 31.6 Å². The molecule has 1 aromatic rings. The van der Waals surface area contributed by atoms with Crippen molar-refractivity contribution in [2.75, 3.05) is 19.8 Å². The fraction of sp³-hybridized carbons (Fsp3) is 0.583. The van der Waals surface area contributed by atoms with Gasteiger partial charge in [0.15, 0.2) is 5.78 Å². The molecule has 0 spiro atoms. The molecule has 0 unspecified atom stereocenters. The first-order valence-corrected chi connectivity index (χ1v) is 6.62. The molecule has 1 saturated heterocycles. The number of Topliss-reactive ketones (excluding diaryl/α,β-unsaturated/α-hetero) is 1. The minimum absolute atomic E-state index is 0.0887. The van der Waals surface area contributed by atoms with Crippen molar-refractivity contribution in [1.29, 1.82) is 0 Å². The zero-order chi connectivity index (χ0) is 11.2. The van der Waals surface area contributed by atoms with Gasteiger partial charge in [0.05, 0.1) is 11.5 Å². The minimum Gasteiger partial charge on any atom is -0.372 e. The zero-order valence-corrected chi connectivity index (χ0v) is 10.1. The number of thiophene rings is 1. The third-order valence-corrected chi connectivity index (χ3v) is 3.67. The Labute approximate surface area is 99.8 Å². The van der Waals surface area contributed by atoms with Crippen LogP contribution in [0.3, 0.4) is 0 Å². The van der Waals surface area contributed by atoms with Crippen LogP contribution in [0, 0.1) is 0 Å². The highest BCUT2D eigenvalue weighted by Gasteiger charge is 2.13. The van der Waals surface area contributed by atoms with Gasteiger partial charge in [-0.05, 0) is 30.8 Å². The van der Waals surface area contributed by atoms with E-state index < -0.39 is 0 Å². The molecule has 16 heavy (non-hydrogen) atoms. The van der Waals surface area contributed by atoms with Crippen molar-refractivity contribution in [2.24, 2.45) is 0 Å². The third-order valence-electron chi connectivity index (χ3n) is 2.76. The number of hydrogen-bond acceptors (Lipinski definition) is 4. The lowest BCUT2D eigenvalue weighted by Gasteiger charge is -2.22. The zero-order valence-electron chi connectivity index (χ0n) is 9.28. The first-order chi connectivity index (χ1) is 7.86. The Morgan fingerprint density at radius 3 is 3.19 bits per heavy atom. The molecule has 1 aliphatic rings. The van der Waals surface area contributed by atoms with Gasteiger partial charge in [0.25, 0.3) is 0 Å². The largest absolute Gasteiger partial charge is 0.372 e. The summed E-state index contributed by atoms with van der Waals surface area (Å²) in [6.45, 7) is 1.93. The van der Waals surface area contributed by atoms with Crippen LogP contribution in [0.5, 0.6) is 0 Å². The molecule has 0 saturated carbocycles. The van der Waals surface area contributed by atoms with Gasteiger partial charge in [-0.15, -0.1) is 11.3 Å². The lowest BCUT2D eigenvalue weighted by atomic mass is 10.1. The first kappa shape index (κ1) is 11.8. The van der Waals surface area contributed by atoms with E-state index in [9.17, 15) is 4.79 Å². The molecule has 0 amide bonds. The molecule has 4 heteroatoms. The molecule has 3 nitrogen and oxygen atoms in total. The van der Waals surface area contributed by atoms with E-state index in [1.165, 1.54) is 24.2 Å². The highest BCUT2D eigenvalue weighted by Crippen LogP contribution is 2.10. The molecule has 0 bridgehead atoms. The van der Waals surface area contributed by atoms with Crippen LogP contribution in [0.2, 0.25) is 0 Å². The summed E-state index contributed by atoms with van der Waals surface area (Å²) in [5, 5.41) is 5.31. The monoisotopic (exact) mass is 239 g/mol. The minimum atomic E-state index is 0.0887. The molecule has 2 rings (SSSR count). The smallest absolute Gasteiger partial charge is 0.198 e. The van der Waals surface area contributed by atoms with Crippen molar-refractivity contribution in [2.45, 2.75) is 25.3 Å². The number of nitrogens with one attached hydrogen (secondary N) is 1. The van der Waals surface area contributed by atoms with Crippen molar-refractivity contribution in [3.63, 3.8) is 0 Å². The number of piperidine rings is 1. The van der Waals surface area contributed by atoms with E-state index in [0.29, 0.717) is 12.6 Å². The third kappa shape index (κ3) is 3.40. The lowest BCUT2D eigenvalue weighted by Crippen LogP contribution is -2.38. The van der Waals surface area contributed by atoms with Crippen molar-refractivity contribution in [3.8, 4) is 0 Å². The summed E-state index contributed by atoms with van der Waals surface area (Å²) >= 11 is 1.47. The van der Waals surface area contributed by atoms with Gasteiger partial charge in [0, 0.05) is 6.04 Å². The topological polar surface area (TPSA) is 38.3 Å². The van der Waals surface area contributed by atoms with E-state index in [0.717, 1.165) is 17.8 Å².